The number of rotatable bonds is 3. The summed E-state index contributed by atoms with van der Waals surface area (Å²) in [6.45, 7) is 2.11. The van der Waals surface area contributed by atoms with E-state index in [9.17, 15) is 0 Å². The molecule has 0 fully saturated rings. The number of benzene rings is 2. The molecular formula is C20H23N5. The van der Waals surface area contributed by atoms with Crippen LogP contribution in [0.4, 0.5) is 11.6 Å². The molecule has 0 aliphatic carbocycles. The Bertz CT molecular complexity index is 849. The van der Waals surface area contributed by atoms with Crippen molar-refractivity contribution < 1.29 is 0 Å². The number of anilines is 2. The zero-order valence-corrected chi connectivity index (χ0v) is 14.8. The molecule has 5 heteroatoms. The molecule has 4 rings (SSSR count). The summed E-state index contributed by atoms with van der Waals surface area (Å²) in [5, 5.41) is 7.97. The Morgan fingerprint density at radius 2 is 1.68 bits per heavy atom. The largest absolute Gasteiger partial charge is 0.378 e. The standard InChI is InChI=1S/C20H23N5/c1-14-4-6-16(7-5-14)19-12-18(23-20-21-13-22-25(19)20)15-8-10-17(11-9-15)24(2)3/h4-11,13,18-19H,12H2,1-3H3,(H,21,22,23)/t18-,19-/m1/s1. The lowest BCUT2D eigenvalue weighted by atomic mass is 9.93. The van der Waals surface area contributed by atoms with Crippen molar-refractivity contribution in [2.75, 3.05) is 24.3 Å². The summed E-state index contributed by atoms with van der Waals surface area (Å²) in [4.78, 5) is 6.52. The van der Waals surface area contributed by atoms with Crippen LogP contribution in [0.2, 0.25) is 0 Å². The van der Waals surface area contributed by atoms with Crippen LogP contribution in [0, 0.1) is 6.92 Å². The molecule has 3 aromatic rings. The van der Waals surface area contributed by atoms with Crippen LogP contribution in [-0.2, 0) is 0 Å². The minimum atomic E-state index is 0.192. The van der Waals surface area contributed by atoms with Crippen LogP contribution in [-0.4, -0.2) is 28.9 Å². The Labute approximate surface area is 148 Å². The second kappa shape index (κ2) is 6.24. The highest BCUT2D eigenvalue weighted by atomic mass is 15.4. The average Bonchev–Trinajstić information content (AvgIpc) is 3.10. The highest BCUT2D eigenvalue weighted by molar-refractivity contribution is 5.48. The minimum absolute atomic E-state index is 0.192. The third kappa shape index (κ3) is 2.97. The summed E-state index contributed by atoms with van der Waals surface area (Å²) in [5.74, 6) is 0.832. The van der Waals surface area contributed by atoms with Crippen molar-refractivity contribution in [1.82, 2.24) is 14.8 Å². The van der Waals surface area contributed by atoms with Gasteiger partial charge in [0.05, 0.1) is 12.1 Å². The fourth-order valence-corrected chi connectivity index (χ4v) is 3.41. The molecule has 0 radical (unpaired) electrons. The molecule has 0 bridgehead atoms. The maximum Gasteiger partial charge on any atom is 0.222 e. The van der Waals surface area contributed by atoms with Gasteiger partial charge >= 0.3 is 0 Å². The Hall–Kier alpha value is -2.82. The van der Waals surface area contributed by atoms with Crippen molar-refractivity contribution in [3.63, 3.8) is 0 Å². The number of aromatic nitrogens is 3. The fourth-order valence-electron chi connectivity index (χ4n) is 3.41. The van der Waals surface area contributed by atoms with E-state index in [0.717, 1.165) is 12.4 Å². The molecule has 2 atom stereocenters. The third-order valence-corrected chi connectivity index (χ3v) is 4.90. The maximum atomic E-state index is 4.44. The van der Waals surface area contributed by atoms with Crippen LogP contribution in [0.15, 0.2) is 54.9 Å². The number of aryl methyl sites for hydroxylation is 1. The monoisotopic (exact) mass is 333 g/mol. The lowest BCUT2D eigenvalue weighted by Crippen LogP contribution is -2.28. The number of hydrogen-bond donors (Lipinski definition) is 1. The number of nitrogens with zero attached hydrogens (tertiary/aromatic N) is 4. The summed E-state index contributed by atoms with van der Waals surface area (Å²) in [5.41, 5.74) is 5.02. The van der Waals surface area contributed by atoms with Gasteiger partial charge in [0, 0.05) is 19.8 Å². The summed E-state index contributed by atoms with van der Waals surface area (Å²) >= 11 is 0. The van der Waals surface area contributed by atoms with Gasteiger partial charge in [0.2, 0.25) is 5.95 Å². The van der Waals surface area contributed by atoms with E-state index in [0.29, 0.717) is 0 Å². The average molecular weight is 333 g/mol. The van der Waals surface area contributed by atoms with E-state index in [1.807, 2.05) is 4.68 Å². The zero-order valence-electron chi connectivity index (χ0n) is 14.8. The summed E-state index contributed by atoms with van der Waals surface area (Å²) in [7, 11) is 4.12. The Morgan fingerprint density at radius 3 is 2.36 bits per heavy atom. The lowest BCUT2D eigenvalue weighted by Gasteiger charge is -2.32. The molecule has 0 saturated carbocycles. The molecule has 0 amide bonds. The van der Waals surface area contributed by atoms with Crippen LogP contribution in [0.1, 0.15) is 35.2 Å². The molecule has 5 nitrogen and oxygen atoms in total. The first-order valence-electron chi connectivity index (χ1n) is 8.62. The molecule has 25 heavy (non-hydrogen) atoms. The van der Waals surface area contributed by atoms with Gasteiger partial charge in [0.25, 0.3) is 0 Å². The zero-order chi connectivity index (χ0) is 17.4. The lowest BCUT2D eigenvalue weighted by molar-refractivity contribution is 0.431. The molecule has 0 spiro atoms. The van der Waals surface area contributed by atoms with Crippen molar-refractivity contribution in [2.24, 2.45) is 0 Å². The number of fused-ring (bicyclic) bond motifs is 1. The van der Waals surface area contributed by atoms with E-state index in [1.165, 1.54) is 22.4 Å². The maximum absolute atomic E-state index is 4.44. The van der Waals surface area contributed by atoms with Gasteiger partial charge in [0.1, 0.15) is 6.33 Å². The van der Waals surface area contributed by atoms with Gasteiger partial charge in [0.15, 0.2) is 0 Å². The Kier molecular flexibility index (Phi) is 3.92. The molecule has 128 valence electrons. The van der Waals surface area contributed by atoms with Crippen LogP contribution in [0.25, 0.3) is 0 Å². The van der Waals surface area contributed by atoms with Gasteiger partial charge in [-0.2, -0.15) is 10.1 Å². The van der Waals surface area contributed by atoms with Crippen molar-refractivity contribution in [1.29, 1.82) is 0 Å². The van der Waals surface area contributed by atoms with Crippen LogP contribution in [0.3, 0.4) is 0 Å². The first kappa shape index (κ1) is 15.7. The van der Waals surface area contributed by atoms with Crippen molar-refractivity contribution >= 4 is 11.6 Å². The van der Waals surface area contributed by atoms with Gasteiger partial charge in [-0.05, 0) is 36.6 Å². The molecule has 2 aromatic carbocycles. The van der Waals surface area contributed by atoms with E-state index in [-0.39, 0.29) is 12.1 Å². The van der Waals surface area contributed by atoms with Crippen molar-refractivity contribution in [3.05, 3.63) is 71.5 Å². The van der Waals surface area contributed by atoms with E-state index in [1.54, 1.807) is 6.33 Å². The van der Waals surface area contributed by atoms with E-state index >= 15 is 0 Å². The first-order chi connectivity index (χ1) is 12.1. The summed E-state index contributed by atoms with van der Waals surface area (Å²) < 4.78 is 2.00. The van der Waals surface area contributed by atoms with Crippen molar-refractivity contribution in [2.45, 2.75) is 25.4 Å². The smallest absolute Gasteiger partial charge is 0.222 e. The van der Waals surface area contributed by atoms with E-state index in [2.05, 4.69) is 89.8 Å². The third-order valence-electron chi connectivity index (χ3n) is 4.90. The van der Waals surface area contributed by atoms with Gasteiger partial charge in [-0.3, -0.25) is 0 Å². The van der Waals surface area contributed by atoms with E-state index < -0.39 is 0 Å². The molecule has 1 aliphatic heterocycles. The molecular weight excluding hydrogens is 310 g/mol. The molecule has 0 saturated heterocycles. The Morgan fingerprint density at radius 1 is 1.00 bits per heavy atom. The molecule has 0 unspecified atom stereocenters. The quantitative estimate of drug-likeness (QED) is 0.792. The van der Waals surface area contributed by atoms with E-state index in [4.69, 9.17) is 0 Å². The predicted molar refractivity (Wildman–Crippen MR) is 101 cm³/mol. The van der Waals surface area contributed by atoms with Crippen LogP contribution < -0.4 is 10.2 Å². The highest BCUT2D eigenvalue weighted by Gasteiger charge is 2.29. The minimum Gasteiger partial charge on any atom is -0.378 e. The molecule has 1 N–H and O–H groups in total. The Balaban J connectivity index is 1.67. The predicted octanol–water partition coefficient (Wildman–Crippen LogP) is 3.80. The van der Waals surface area contributed by atoms with Crippen LogP contribution in [0.5, 0.6) is 0 Å². The van der Waals surface area contributed by atoms with Gasteiger partial charge < -0.3 is 10.2 Å². The summed E-state index contributed by atoms with van der Waals surface area (Å²) in [6, 6.07) is 17.9. The SMILES string of the molecule is Cc1ccc([C@H]2C[C@H](c3ccc(N(C)C)cc3)Nc3ncnn32)cc1. The second-order valence-corrected chi connectivity index (χ2v) is 6.87. The molecule has 1 aliphatic rings. The fraction of sp³-hybridized carbons (Fsp3) is 0.300. The number of hydrogen-bond acceptors (Lipinski definition) is 4. The summed E-state index contributed by atoms with van der Waals surface area (Å²) in [6.07, 6.45) is 2.57. The van der Waals surface area contributed by atoms with Gasteiger partial charge in [-0.15, -0.1) is 0 Å². The topological polar surface area (TPSA) is 46.0 Å². The second-order valence-electron chi connectivity index (χ2n) is 6.87. The van der Waals surface area contributed by atoms with Gasteiger partial charge in [-0.25, -0.2) is 4.68 Å². The normalized spacial score (nSPS) is 19.2. The van der Waals surface area contributed by atoms with Gasteiger partial charge in [-0.1, -0.05) is 42.0 Å². The molecule has 1 aromatic heterocycles. The first-order valence-corrected chi connectivity index (χ1v) is 8.62. The molecule has 2 heterocycles. The van der Waals surface area contributed by atoms with Crippen molar-refractivity contribution in [3.8, 4) is 0 Å². The number of nitrogens with one attached hydrogen (secondary N) is 1. The van der Waals surface area contributed by atoms with Crippen LogP contribution >= 0.6 is 0 Å². The highest BCUT2D eigenvalue weighted by Crippen LogP contribution is 2.37.